The Bertz CT molecular complexity index is 574. The fourth-order valence-electron chi connectivity index (χ4n) is 1.67. The second kappa shape index (κ2) is 5.82. The zero-order valence-electron chi connectivity index (χ0n) is 10.1. The molecule has 0 radical (unpaired) electrons. The highest BCUT2D eigenvalue weighted by molar-refractivity contribution is 5.82. The number of aromatic nitrogens is 1. The molecule has 4 heteroatoms. The fourth-order valence-corrected chi connectivity index (χ4v) is 1.67. The highest BCUT2D eigenvalue weighted by atomic mass is 16.5. The maximum atomic E-state index is 10.9. The van der Waals surface area contributed by atoms with Crippen LogP contribution in [0.2, 0.25) is 0 Å². The number of ether oxygens (including phenoxy) is 1. The van der Waals surface area contributed by atoms with Crippen LogP contribution in [0.25, 0.3) is 10.9 Å². The van der Waals surface area contributed by atoms with Crippen molar-refractivity contribution in [2.45, 2.75) is 6.54 Å². The molecule has 92 valence electrons. The summed E-state index contributed by atoms with van der Waals surface area (Å²) < 4.78 is 4.49. The topological polar surface area (TPSA) is 51.2 Å². The third kappa shape index (κ3) is 2.85. The smallest absolute Gasteiger partial charge is 0.331 e. The maximum Gasteiger partial charge on any atom is 0.331 e. The summed E-state index contributed by atoms with van der Waals surface area (Å²) in [7, 11) is 1.35. The largest absolute Gasteiger partial charge is 0.466 e. The van der Waals surface area contributed by atoms with Crippen LogP contribution < -0.4 is 5.32 Å². The molecule has 0 spiro atoms. The number of methoxy groups -OCH3 is 1. The molecule has 1 heterocycles. The Balaban J connectivity index is 2.08. The van der Waals surface area contributed by atoms with Crippen molar-refractivity contribution in [1.29, 1.82) is 0 Å². The second-order valence-electron chi connectivity index (χ2n) is 3.73. The van der Waals surface area contributed by atoms with Crippen LogP contribution in [-0.2, 0) is 16.1 Å². The minimum absolute atomic E-state index is 0.376. The number of fused-ring (bicyclic) bond motifs is 1. The molecule has 0 atom stereocenters. The van der Waals surface area contributed by atoms with E-state index in [0.717, 1.165) is 16.5 Å². The van der Waals surface area contributed by atoms with E-state index in [1.54, 1.807) is 12.4 Å². The van der Waals surface area contributed by atoms with Gasteiger partial charge in [0.05, 0.1) is 12.6 Å². The quantitative estimate of drug-likeness (QED) is 0.658. The highest BCUT2D eigenvalue weighted by Gasteiger charge is 1.99. The predicted octanol–water partition coefficient (Wildman–Crippen LogP) is 2.01. The average molecular weight is 242 g/mol. The molecule has 0 fully saturated rings. The van der Waals surface area contributed by atoms with E-state index in [1.165, 1.54) is 13.2 Å². The van der Waals surface area contributed by atoms with Crippen molar-refractivity contribution in [3.05, 3.63) is 54.4 Å². The molecule has 2 rings (SSSR count). The van der Waals surface area contributed by atoms with Crippen molar-refractivity contribution >= 4 is 16.9 Å². The van der Waals surface area contributed by atoms with Gasteiger partial charge in [0.2, 0.25) is 0 Å². The number of rotatable bonds is 4. The molecule has 1 N–H and O–H groups in total. The number of para-hydroxylation sites is 1. The van der Waals surface area contributed by atoms with E-state index < -0.39 is 0 Å². The molecule has 0 aliphatic rings. The number of nitrogens with one attached hydrogen (secondary N) is 1. The van der Waals surface area contributed by atoms with Gasteiger partial charge in [0.1, 0.15) is 0 Å². The molecular weight excluding hydrogens is 228 g/mol. The number of carbonyl (C=O) groups excluding carboxylic acids is 1. The molecule has 0 saturated carbocycles. The first-order chi connectivity index (χ1) is 8.81. The molecule has 0 saturated heterocycles. The van der Waals surface area contributed by atoms with Crippen LogP contribution in [0.3, 0.4) is 0 Å². The van der Waals surface area contributed by atoms with Crippen molar-refractivity contribution in [3.63, 3.8) is 0 Å². The van der Waals surface area contributed by atoms with Crippen molar-refractivity contribution < 1.29 is 9.53 Å². The summed E-state index contributed by atoms with van der Waals surface area (Å²) in [6.45, 7) is 0.613. The summed E-state index contributed by atoms with van der Waals surface area (Å²) in [6, 6.07) is 9.96. The number of esters is 1. The Labute approximate surface area is 105 Å². The van der Waals surface area contributed by atoms with Crippen molar-refractivity contribution in [2.75, 3.05) is 7.11 Å². The standard InChI is InChI=1S/C14H14N2O2/c1-18-13(17)7-9-15-10-12-5-2-4-11-6-3-8-16-14(11)12/h2-9,15H,10H2,1H3/b9-7+. The zero-order chi connectivity index (χ0) is 12.8. The molecule has 18 heavy (non-hydrogen) atoms. The van der Waals surface area contributed by atoms with Gasteiger partial charge >= 0.3 is 5.97 Å². The number of hydrogen-bond acceptors (Lipinski definition) is 4. The summed E-state index contributed by atoms with van der Waals surface area (Å²) in [5.41, 5.74) is 2.06. The molecule has 0 bridgehead atoms. The first-order valence-electron chi connectivity index (χ1n) is 5.62. The molecule has 1 aromatic carbocycles. The van der Waals surface area contributed by atoms with Crippen molar-refractivity contribution in [2.24, 2.45) is 0 Å². The minimum atomic E-state index is -0.376. The average Bonchev–Trinajstić information content (AvgIpc) is 2.43. The van der Waals surface area contributed by atoms with Gasteiger partial charge in [-0.15, -0.1) is 0 Å². The summed E-state index contributed by atoms with van der Waals surface area (Å²) >= 11 is 0. The lowest BCUT2D eigenvalue weighted by Gasteiger charge is -2.05. The number of nitrogens with zero attached hydrogens (tertiary/aromatic N) is 1. The van der Waals surface area contributed by atoms with Gasteiger partial charge < -0.3 is 10.1 Å². The van der Waals surface area contributed by atoms with Crippen LogP contribution in [0.4, 0.5) is 0 Å². The lowest BCUT2D eigenvalue weighted by molar-refractivity contribution is -0.134. The third-order valence-electron chi connectivity index (χ3n) is 2.55. The zero-order valence-corrected chi connectivity index (χ0v) is 10.1. The lowest BCUT2D eigenvalue weighted by atomic mass is 10.1. The highest BCUT2D eigenvalue weighted by Crippen LogP contribution is 2.15. The van der Waals surface area contributed by atoms with Crippen LogP contribution in [0.1, 0.15) is 5.56 Å². The van der Waals surface area contributed by atoms with Gasteiger partial charge in [-0.2, -0.15) is 0 Å². The predicted molar refractivity (Wildman–Crippen MR) is 69.7 cm³/mol. The van der Waals surface area contributed by atoms with Gasteiger partial charge in [-0.05, 0) is 11.6 Å². The molecule has 2 aromatic rings. The van der Waals surface area contributed by atoms with Gasteiger partial charge in [0, 0.05) is 30.4 Å². The second-order valence-corrected chi connectivity index (χ2v) is 3.73. The van der Waals surface area contributed by atoms with Crippen molar-refractivity contribution in [3.8, 4) is 0 Å². The molecule has 0 aliphatic heterocycles. The normalized spacial score (nSPS) is 10.7. The van der Waals surface area contributed by atoms with Gasteiger partial charge in [-0.25, -0.2) is 4.79 Å². The van der Waals surface area contributed by atoms with E-state index in [2.05, 4.69) is 15.0 Å². The Morgan fingerprint density at radius 1 is 1.39 bits per heavy atom. The molecule has 1 aromatic heterocycles. The maximum absolute atomic E-state index is 10.9. The molecule has 4 nitrogen and oxygen atoms in total. The minimum Gasteiger partial charge on any atom is -0.466 e. The van der Waals surface area contributed by atoms with Gasteiger partial charge in [0.15, 0.2) is 0 Å². The number of hydrogen-bond donors (Lipinski definition) is 1. The fraction of sp³-hybridized carbons (Fsp3) is 0.143. The summed E-state index contributed by atoms with van der Waals surface area (Å²) in [5.74, 6) is -0.376. The Kier molecular flexibility index (Phi) is 3.91. The lowest BCUT2D eigenvalue weighted by Crippen LogP contribution is -2.07. The molecule has 0 aliphatic carbocycles. The monoisotopic (exact) mass is 242 g/mol. The Morgan fingerprint density at radius 3 is 3.06 bits per heavy atom. The molecule has 0 amide bonds. The van der Waals surface area contributed by atoms with Crippen LogP contribution in [0.5, 0.6) is 0 Å². The van der Waals surface area contributed by atoms with E-state index in [-0.39, 0.29) is 5.97 Å². The Morgan fingerprint density at radius 2 is 2.22 bits per heavy atom. The van der Waals surface area contributed by atoms with Gasteiger partial charge in [-0.3, -0.25) is 4.98 Å². The number of benzene rings is 1. The first kappa shape index (κ1) is 12.1. The Hall–Kier alpha value is -2.36. The van der Waals surface area contributed by atoms with E-state index in [0.29, 0.717) is 6.54 Å². The number of pyridine rings is 1. The first-order valence-corrected chi connectivity index (χ1v) is 5.62. The van der Waals surface area contributed by atoms with Gasteiger partial charge in [-0.1, -0.05) is 24.3 Å². The molecule has 0 unspecified atom stereocenters. The molecular formula is C14H14N2O2. The summed E-state index contributed by atoms with van der Waals surface area (Å²) in [6.07, 6.45) is 4.70. The third-order valence-corrected chi connectivity index (χ3v) is 2.55. The van der Waals surface area contributed by atoms with Crippen LogP contribution in [0, 0.1) is 0 Å². The number of carbonyl (C=O) groups is 1. The van der Waals surface area contributed by atoms with Gasteiger partial charge in [0.25, 0.3) is 0 Å². The van der Waals surface area contributed by atoms with E-state index in [1.807, 2.05) is 30.3 Å². The van der Waals surface area contributed by atoms with E-state index in [4.69, 9.17) is 0 Å². The van der Waals surface area contributed by atoms with E-state index >= 15 is 0 Å². The van der Waals surface area contributed by atoms with E-state index in [9.17, 15) is 4.79 Å². The van der Waals surface area contributed by atoms with Crippen LogP contribution in [-0.4, -0.2) is 18.1 Å². The summed E-state index contributed by atoms with van der Waals surface area (Å²) in [5, 5.41) is 4.14. The SMILES string of the molecule is COC(=O)/C=C/NCc1cccc2cccnc12. The van der Waals surface area contributed by atoms with Crippen LogP contribution >= 0.6 is 0 Å². The summed E-state index contributed by atoms with van der Waals surface area (Å²) in [4.78, 5) is 15.2. The van der Waals surface area contributed by atoms with Crippen LogP contribution in [0.15, 0.2) is 48.8 Å². The van der Waals surface area contributed by atoms with Crippen molar-refractivity contribution in [1.82, 2.24) is 10.3 Å².